The maximum atomic E-state index is 2.59. The quantitative estimate of drug-likeness (QED) is 0.164. The highest BCUT2D eigenvalue weighted by atomic mass is 32.1. The van der Waals surface area contributed by atoms with Gasteiger partial charge >= 0.3 is 0 Å². The van der Waals surface area contributed by atoms with Gasteiger partial charge in [0.1, 0.15) is 0 Å². The molecule has 2 heterocycles. The van der Waals surface area contributed by atoms with E-state index in [2.05, 4.69) is 265 Å². The highest BCUT2D eigenvalue weighted by molar-refractivity contribution is 7.26. The molecule has 0 aliphatic heterocycles. The van der Waals surface area contributed by atoms with Gasteiger partial charge in [-0.25, -0.2) is 0 Å². The third-order valence-corrected chi connectivity index (χ3v) is 18.2. The summed E-state index contributed by atoms with van der Waals surface area (Å²) >= 11 is 3.77. The minimum atomic E-state index is -0.673. The monoisotopic (exact) mass is 962 g/mol. The Balaban J connectivity index is 1.06. The molecule has 14 aromatic rings. The molecule has 1 spiro atoms. The van der Waals surface area contributed by atoms with E-state index in [0.29, 0.717) is 0 Å². The van der Waals surface area contributed by atoms with Crippen LogP contribution in [-0.2, 0) is 5.41 Å². The Bertz CT molecular complexity index is 4290. The van der Waals surface area contributed by atoms with Crippen LogP contribution >= 0.6 is 22.7 Å². The van der Waals surface area contributed by atoms with E-state index in [0.717, 1.165) is 22.7 Å². The van der Waals surface area contributed by atoms with Gasteiger partial charge in [0.15, 0.2) is 0 Å². The lowest BCUT2D eigenvalue weighted by Crippen LogP contribution is -2.26. The molecule has 2 aliphatic carbocycles. The smallest absolute Gasteiger partial charge is 0.0727 e. The summed E-state index contributed by atoms with van der Waals surface area (Å²) in [5, 5.41) is 10.0. The first kappa shape index (κ1) is 40.9. The first-order chi connectivity index (χ1) is 36.3. The molecule has 340 valence electrons. The third-order valence-electron chi connectivity index (χ3n) is 15.8. The van der Waals surface area contributed by atoms with Crippen molar-refractivity contribution >= 4 is 119 Å². The summed E-state index contributed by atoms with van der Waals surface area (Å²) in [5.74, 6) is 0. The predicted octanol–water partition coefficient (Wildman–Crippen LogP) is 20.0. The second kappa shape index (κ2) is 15.6. The average Bonchev–Trinajstić information content (AvgIpc) is 4.20. The molecule has 4 heteroatoms. The number of thiophene rings is 2. The second-order valence-corrected chi connectivity index (χ2v) is 21.5. The second-order valence-electron chi connectivity index (χ2n) is 19.4. The van der Waals surface area contributed by atoms with E-state index in [1.807, 2.05) is 22.7 Å². The molecule has 0 N–H and O–H groups in total. The molecule has 2 nitrogen and oxygen atoms in total. The maximum Gasteiger partial charge on any atom is 0.0727 e. The molecule has 0 saturated heterocycles. The van der Waals surface area contributed by atoms with Gasteiger partial charge in [0.25, 0.3) is 0 Å². The van der Waals surface area contributed by atoms with Crippen LogP contribution in [-0.4, -0.2) is 0 Å². The molecule has 73 heavy (non-hydrogen) atoms. The van der Waals surface area contributed by atoms with Crippen LogP contribution in [0.4, 0.5) is 34.1 Å². The molecule has 0 fully saturated rings. The maximum absolute atomic E-state index is 2.59. The van der Waals surface area contributed by atoms with Gasteiger partial charge < -0.3 is 9.80 Å². The van der Waals surface area contributed by atoms with E-state index < -0.39 is 5.41 Å². The normalized spacial score (nSPS) is 13.0. The third kappa shape index (κ3) is 5.62. The van der Waals surface area contributed by atoms with Gasteiger partial charge in [-0.15, -0.1) is 22.7 Å². The number of para-hydroxylation sites is 2. The summed E-state index contributed by atoms with van der Waals surface area (Å²) in [7, 11) is 0. The summed E-state index contributed by atoms with van der Waals surface area (Å²) in [6.07, 6.45) is 0. The van der Waals surface area contributed by atoms with Crippen molar-refractivity contribution in [1.29, 1.82) is 0 Å². The lowest BCUT2D eigenvalue weighted by atomic mass is 9.70. The molecule has 2 aliphatic rings. The Hall–Kier alpha value is -8.80. The molecule has 0 atom stereocenters. The Morgan fingerprint density at radius 1 is 0.260 bits per heavy atom. The van der Waals surface area contributed by atoms with Gasteiger partial charge in [0.05, 0.1) is 37.6 Å². The van der Waals surface area contributed by atoms with Crippen molar-refractivity contribution < 1.29 is 0 Å². The highest BCUT2D eigenvalue weighted by Crippen LogP contribution is 2.67. The number of anilines is 6. The van der Waals surface area contributed by atoms with Crippen molar-refractivity contribution in [2.45, 2.75) is 5.41 Å². The first-order valence-electron chi connectivity index (χ1n) is 25.1. The van der Waals surface area contributed by atoms with Crippen LogP contribution in [0.1, 0.15) is 22.3 Å². The van der Waals surface area contributed by atoms with Crippen LogP contribution < -0.4 is 9.80 Å². The van der Waals surface area contributed by atoms with Crippen LogP contribution in [0.5, 0.6) is 0 Å². The number of hydrogen-bond donors (Lipinski definition) is 0. The van der Waals surface area contributed by atoms with Crippen molar-refractivity contribution in [3.05, 3.63) is 277 Å². The summed E-state index contributed by atoms with van der Waals surface area (Å²) < 4.78 is 5.14. The summed E-state index contributed by atoms with van der Waals surface area (Å²) in [6.45, 7) is 0. The van der Waals surface area contributed by atoms with Crippen molar-refractivity contribution in [2.75, 3.05) is 9.80 Å². The minimum Gasteiger partial charge on any atom is -0.308 e. The zero-order valence-electron chi connectivity index (χ0n) is 39.5. The Morgan fingerprint density at radius 3 is 1.07 bits per heavy atom. The van der Waals surface area contributed by atoms with Gasteiger partial charge in [-0.3, -0.25) is 0 Å². The Morgan fingerprint density at radius 2 is 0.616 bits per heavy atom. The van der Waals surface area contributed by atoms with Crippen LogP contribution in [0.3, 0.4) is 0 Å². The average molecular weight is 963 g/mol. The summed E-state index contributed by atoms with van der Waals surface area (Å²) in [6, 6.07) is 95.6. The lowest BCUT2D eigenvalue weighted by molar-refractivity contribution is 0.795. The summed E-state index contributed by atoms with van der Waals surface area (Å²) in [5.41, 5.74) is 16.6. The fourth-order valence-electron chi connectivity index (χ4n) is 13.0. The lowest BCUT2D eigenvalue weighted by Gasteiger charge is -2.34. The molecule has 0 amide bonds. The van der Waals surface area contributed by atoms with Crippen LogP contribution in [0, 0.1) is 0 Å². The predicted molar refractivity (Wildman–Crippen MR) is 313 cm³/mol. The zero-order valence-corrected chi connectivity index (χ0v) is 41.1. The standard InChI is InChI=1S/C69H42N2S2/c1-3-21-43(22-4-1)70(59-37-19-33-53-49-29-13-17-39-63(49)72-67(53)59)61-41-57-65(51-31-9-7-27-47(51)61)66-52-32-10-8-28-48(52)62(42-58(66)69(57)55-35-15-11-25-45(55)46-26-12-16-36-56(46)69)71(44-23-5-2-6-24-44)60-38-20-34-54-50-30-14-18-40-64(50)73-68(54)60/h1-42H. The topological polar surface area (TPSA) is 6.48 Å². The number of rotatable bonds is 6. The van der Waals surface area contributed by atoms with Crippen LogP contribution in [0.15, 0.2) is 255 Å². The molecular formula is C69H42N2S2. The molecule has 0 radical (unpaired) electrons. The van der Waals surface area contributed by atoms with Gasteiger partial charge in [-0.2, -0.15) is 0 Å². The molecule has 0 unspecified atom stereocenters. The number of benzene rings is 12. The van der Waals surface area contributed by atoms with E-state index in [4.69, 9.17) is 0 Å². The number of fused-ring (bicyclic) bond motifs is 20. The molecule has 16 rings (SSSR count). The Kier molecular flexibility index (Phi) is 8.74. The van der Waals surface area contributed by atoms with Crippen LogP contribution in [0.2, 0.25) is 0 Å². The number of nitrogens with zero attached hydrogens (tertiary/aromatic N) is 2. The molecule has 0 saturated carbocycles. The van der Waals surface area contributed by atoms with Crippen LogP contribution in [0.25, 0.3) is 84.1 Å². The van der Waals surface area contributed by atoms with Gasteiger partial charge in [-0.05, 0) is 116 Å². The zero-order chi connectivity index (χ0) is 47.8. The molecule has 12 aromatic carbocycles. The first-order valence-corrected chi connectivity index (χ1v) is 26.7. The molecular weight excluding hydrogens is 921 g/mol. The fourth-order valence-corrected chi connectivity index (χ4v) is 15.4. The number of hydrogen-bond acceptors (Lipinski definition) is 4. The highest BCUT2D eigenvalue weighted by Gasteiger charge is 2.53. The van der Waals surface area contributed by atoms with E-state index in [1.165, 1.54) is 118 Å². The SMILES string of the molecule is c1ccc(N(c2cc3c(c4ccccc24)-c2c(cc(N(c4ccccc4)c4cccc5c4sc4ccccc45)c4ccccc24)C32c3ccccc3-c3ccccc32)c2cccc3c2sc2ccccc23)cc1. The van der Waals surface area contributed by atoms with Gasteiger partial charge in [0.2, 0.25) is 0 Å². The Labute approximate surface area is 430 Å². The minimum absolute atomic E-state index is 0.673. The largest absolute Gasteiger partial charge is 0.308 e. The van der Waals surface area contributed by atoms with Gasteiger partial charge in [-0.1, -0.05) is 194 Å². The van der Waals surface area contributed by atoms with E-state index >= 15 is 0 Å². The van der Waals surface area contributed by atoms with E-state index in [9.17, 15) is 0 Å². The molecule has 0 bridgehead atoms. The van der Waals surface area contributed by atoms with Crippen molar-refractivity contribution in [3.63, 3.8) is 0 Å². The van der Waals surface area contributed by atoms with E-state index in [-0.39, 0.29) is 0 Å². The van der Waals surface area contributed by atoms with E-state index in [1.54, 1.807) is 0 Å². The van der Waals surface area contributed by atoms with Crippen molar-refractivity contribution in [3.8, 4) is 22.3 Å². The molecule has 2 aromatic heterocycles. The fraction of sp³-hybridized carbons (Fsp3) is 0.0145. The van der Waals surface area contributed by atoms with Crippen molar-refractivity contribution in [1.82, 2.24) is 0 Å². The van der Waals surface area contributed by atoms with Gasteiger partial charge in [0, 0.05) is 53.1 Å². The van der Waals surface area contributed by atoms with Crippen molar-refractivity contribution in [2.24, 2.45) is 0 Å². The summed E-state index contributed by atoms with van der Waals surface area (Å²) in [4.78, 5) is 5.10.